The lowest BCUT2D eigenvalue weighted by atomic mass is 9.90. The van der Waals surface area contributed by atoms with Gasteiger partial charge in [0.15, 0.2) is 0 Å². The maximum Gasteiger partial charge on any atom is 0.348 e. The smallest absolute Gasteiger partial charge is 0.348 e. The minimum Gasteiger partial charge on any atom is -0.492 e. The summed E-state index contributed by atoms with van der Waals surface area (Å²) in [5.41, 5.74) is 6.22. The van der Waals surface area contributed by atoms with Crippen molar-refractivity contribution in [3.8, 4) is 5.75 Å². The molecule has 5 nitrogen and oxygen atoms in total. The summed E-state index contributed by atoms with van der Waals surface area (Å²) in [6, 6.07) is 1.76. The second kappa shape index (κ2) is 5.89. The van der Waals surface area contributed by atoms with Gasteiger partial charge in [0.25, 0.3) is 0 Å². The lowest BCUT2D eigenvalue weighted by molar-refractivity contribution is 0.0703. The Hall–Kier alpha value is -1.82. The number of pyridine rings is 1. The monoisotopic (exact) mass is 306 g/mol. The molecule has 0 saturated heterocycles. The fraction of sp³-hybridized carbons (Fsp3) is 0.467. The van der Waals surface area contributed by atoms with Crippen LogP contribution in [0.3, 0.4) is 0 Å². The molecule has 2 aromatic rings. The van der Waals surface area contributed by atoms with E-state index in [9.17, 15) is 4.79 Å². The number of carboxylic acids is 1. The third-order valence-corrected chi connectivity index (χ3v) is 5.09. The molecule has 0 atom stereocenters. The van der Waals surface area contributed by atoms with Crippen LogP contribution < -0.4 is 10.5 Å². The zero-order valence-corrected chi connectivity index (χ0v) is 12.5. The van der Waals surface area contributed by atoms with Crippen molar-refractivity contribution < 1.29 is 14.6 Å². The second-order valence-corrected chi connectivity index (χ2v) is 6.45. The van der Waals surface area contributed by atoms with Crippen molar-refractivity contribution >= 4 is 33.2 Å². The molecule has 6 heteroatoms. The number of nitrogen functional groups attached to an aromatic ring is 1. The Morgan fingerprint density at radius 1 is 1.43 bits per heavy atom. The van der Waals surface area contributed by atoms with Gasteiger partial charge < -0.3 is 15.6 Å². The standard InChI is InChI=1S/C15H18N2O3S/c16-12-11-10(20-8-9-4-2-1-3-5-9)6-7-17-14(11)21-13(12)15(18)19/h6-7,9H,1-5,8,16H2,(H,18,19). The van der Waals surface area contributed by atoms with Crippen LogP contribution in [0.1, 0.15) is 41.8 Å². The van der Waals surface area contributed by atoms with Crippen LogP contribution in [0.25, 0.3) is 10.2 Å². The number of rotatable bonds is 4. The first-order valence-electron chi connectivity index (χ1n) is 7.20. The highest BCUT2D eigenvalue weighted by atomic mass is 32.1. The molecule has 1 aliphatic rings. The largest absolute Gasteiger partial charge is 0.492 e. The Bertz CT molecular complexity index is 662. The van der Waals surface area contributed by atoms with Crippen LogP contribution in [0, 0.1) is 5.92 Å². The SMILES string of the molecule is Nc1c(C(=O)O)sc2nccc(OCC3CCCCC3)c12. The molecular formula is C15H18N2O3S. The maximum absolute atomic E-state index is 11.2. The van der Waals surface area contributed by atoms with Gasteiger partial charge in [0.2, 0.25) is 0 Å². The molecule has 0 spiro atoms. The van der Waals surface area contributed by atoms with Gasteiger partial charge in [-0.15, -0.1) is 11.3 Å². The molecule has 1 saturated carbocycles. The van der Waals surface area contributed by atoms with E-state index < -0.39 is 5.97 Å². The van der Waals surface area contributed by atoms with Crippen LogP contribution in [0.5, 0.6) is 5.75 Å². The first kappa shape index (κ1) is 14.1. The van der Waals surface area contributed by atoms with E-state index in [1.54, 1.807) is 12.3 Å². The number of carbonyl (C=O) groups is 1. The maximum atomic E-state index is 11.2. The average Bonchev–Trinajstić information content (AvgIpc) is 2.84. The molecule has 0 aromatic carbocycles. The van der Waals surface area contributed by atoms with Gasteiger partial charge >= 0.3 is 5.97 Å². The Kier molecular flexibility index (Phi) is 3.96. The molecule has 2 heterocycles. The normalized spacial score (nSPS) is 16.2. The molecular weight excluding hydrogens is 288 g/mol. The van der Waals surface area contributed by atoms with Crippen molar-refractivity contribution in [2.75, 3.05) is 12.3 Å². The van der Waals surface area contributed by atoms with Crippen molar-refractivity contribution in [2.45, 2.75) is 32.1 Å². The number of aromatic nitrogens is 1. The predicted molar refractivity (Wildman–Crippen MR) is 83.1 cm³/mol. The van der Waals surface area contributed by atoms with Crippen molar-refractivity contribution in [2.24, 2.45) is 5.92 Å². The summed E-state index contributed by atoms with van der Waals surface area (Å²) in [6.07, 6.45) is 7.89. The molecule has 0 unspecified atom stereocenters. The molecule has 0 bridgehead atoms. The van der Waals surface area contributed by atoms with E-state index >= 15 is 0 Å². The fourth-order valence-corrected chi connectivity index (χ4v) is 3.78. The first-order chi connectivity index (χ1) is 10.2. The van der Waals surface area contributed by atoms with E-state index in [0.29, 0.717) is 28.5 Å². The minimum atomic E-state index is -1.02. The van der Waals surface area contributed by atoms with Gasteiger partial charge in [0.1, 0.15) is 15.5 Å². The van der Waals surface area contributed by atoms with E-state index in [2.05, 4.69) is 4.98 Å². The Labute approximate surface area is 126 Å². The molecule has 1 fully saturated rings. The number of fused-ring (bicyclic) bond motifs is 1. The quantitative estimate of drug-likeness (QED) is 0.902. The molecule has 3 N–H and O–H groups in total. The predicted octanol–water partition coefficient (Wildman–Crippen LogP) is 3.54. The number of nitrogens with two attached hydrogens (primary N) is 1. The molecule has 3 rings (SSSR count). The Balaban J connectivity index is 1.86. The average molecular weight is 306 g/mol. The third-order valence-electron chi connectivity index (χ3n) is 3.98. The van der Waals surface area contributed by atoms with Crippen LogP contribution >= 0.6 is 11.3 Å². The number of thiophene rings is 1. The molecule has 1 aliphatic carbocycles. The number of carboxylic acid groups (broad SMARTS) is 1. The van der Waals surface area contributed by atoms with Crippen molar-refractivity contribution in [3.05, 3.63) is 17.1 Å². The molecule has 0 amide bonds. The minimum absolute atomic E-state index is 0.131. The zero-order valence-electron chi connectivity index (χ0n) is 11.7. The van der Waals surface area contributed by atoms with Crippen LogP contribution in [0.15, 0.2) is 12.3 Å². The molecule has 2 aromatic heterocycles. The van der Waals surface area contributed by atoms with E-state index in [4.69, 9.17) is 15.6 Å². The van der Waals surface area contributed by atoms with Crippen LogP contribution in [-0.4, -0.2) is 22.7 Å². The third kappa shape index (κ3) is 2.81. The molecule has 0 radical (unpaired) electrons. The summed E-state index contributed by atoms with van der Waals surface area (Å²) >= 11 is 1.09. The fourth-order valence-electron chi connectivity index (χ4n) is 2.86. The van der Waals surface area contributed by atoms with E-state index in [-0.39, 0.29) is 10.6 Å². The van der Waals surface area contributed by atoms with Gasteiger partial charge in [-0.1, -0.05) is 19.3 Å². The Morgan fingerprint density at radius 3 is 2.90 bits per heavy atom. The lowest BCUT2D eigenvalue weighted by Gasteiger charge is -2.21. The van der Waals surface area contributed by atoms with Crippen LogP contribution in [0.2, 0.25) is 0 Å². The van der Waals surface area contributed by atoms with Gasteiger partial charge in [-0.2, -0.15) is 0 Å². The van der Waals surface area contributed by atoms with Crippen molar-refractivity contribution in [1.29, 1.82) is 0 Å². The van der Waals surface area contributed by atoms with Gasteiger partial charge in [-0.3, -0.25) is 0 Å². The number of ether oxygens (including phenoxy) is 1. The lowest BCUT2D eigenvalue weighted by Crippen LogP contribution is -2.15. The number of hydrogen-bond donors (Lipinski definition) is 2. The number of hydrogen-bond acceptors (Lipinski definition) is 5. The second-order valence-electron chi connectivity index (χ2n) is 5.45. The number of nitrogens with zero attached hydrogens (tertiary/aromatic N) is 1. The van der Waals surface area contributed by atoms with Crippen LogP contribution in [0.4, 0.5) is 5.69 Å². The highest BCUT2D eigenvalue weighted by molar-refractivity contribution is 7.21. The van der Waals surface area contributed by atoms with Gasteiger partial charge in [-0.25, -0.2) is 9.78 Å². The first-order valence-corrected chi connectivity index (χ1v) is 8.01. The number of aromatic carboxylic acids is 1. The summed E-state index contributed by atoms with van der Waals surface area (Å²) in [5.74, 6) is 0.210. The summed E-state index contributed by atoms with van der Waals surface area (Å²) in [7, 11) is 0. The van der Waals surface area contributed by atoms with Crippen LogP contribution in [-0.2, 0) is 0 Å². The summed E-state index contributed by atoms with van der Waals surface area (Å²) in [5, 5.41) is 9.79. The van der Waals surface area contributed by atoms with Gasteiger partial charge in [-0.05, 0) is 24.8 Å². The Morgan fingerprint density at radius 2 is 2.19 bits per heavy atom. The van der Waals surface area contributed by atoms with E-state index in [1.165, 1.54) is 32.1 Å². The van der Waals surface area contributed by atoms with Gasteiger partial charge in [0, 0.05) is 6.20 Å². The highest BCUT2D eigenvalue weighted by Crippen LogP contribution is 2.38. The summed E-state index contributed by atoms with van der Waals surface area (Å²) in [4.78, 5) is 16.1. The zero-order chi connectivity index (χ0) is 14.8. The van der Waals surface area contributed by atoms with Crippen molar-refractivity contribution in [1.82, 2.24) is 4.98 Å². The van der Waals surface area contributed by atoms with Crippen molar-refractivity contribution in [3.63, 3.8) is 0 Å². The highest BCUT2D eigenvalue weighted by Gasteiger charge is 2.20. The molecule has 21 heavy (non-hydrogen) atoms. The number of anilines is 1. The summed E-state index contributed by atoms with van der Waals surface area (Å²) < 4.78 is 5.93. The van der Waals surface area contributed by atoms with Gasteiger partial charge in [0.05, 0.1) is 17.7 Å². The topological polar surface area (TPSA) is 85.4 Å². The molecule has 112 valence electrons. The van der Waals surface area contributed by atoms with E-state index in [1.807, 2.05) is 0 Å². The van der Waals surface area contributed by atoms with E-state index in [0.717, 1.165) is 11.3 Å². The molecule has 0 aliphatic heterocycles. The summed E-state index contributed by atoms with van der Waals surface area (Å²) in [6.45, 7) is 0.663.